The molecule has 6 nitrogen and oxygen atoms in total. The lowest BCUT2D eigenvalue weighted by atomic mass is 9.88. The highest BCUT2D eigenvalue weighted by molar-refractivity contribution is 5.98. The first-order chi connectivity index (χ1) is 12.9. The molecule has 2 aromatic rings. The van der Waals surface area contributed by atoms with Crippen LogP contribution in [0.3, 0.4) is 0 Å². The third-order valence-electron chi connectivity index (χ3n) is 4.91. The van der Waals surface area contributed by atoms with Gasteiger partial charge in [-0.05, 0) is 56.2 Å². The number of piperidine rings is 1. The van der Waals surface area contributed by atoms with Gasteiger partial charge in [0.2, 0.25) is 0 Å². The first kappa shape index (κ1) is 18.7. The van der Waals surface area contributed by atoms with Crippen molar-refractivity contribution in [1.29, 1.82) is 0 Å². The number of rotatable bonds is 5. The number of anilines is 1. The number of nitro groups is 1. The van der Waals surface area contributed by atoms with Crippen molar-refractivity contribution in [3.05, 3.63) is 69.5 Å². The maximum absolute atomic E-state index is 13.0. The van der Waals surface area contributed by atoms with E-state index >= 15 is 0 Å². The van der Waals surface area contributed by atoms with Gasteiger partial charge in [-0.1, -0.05) is 0 Å². The van der Waals surface area contributed by atoms with E-state index in [1.807, 2.05) is 4.90 Å². The van der Waals surface area contributed by atoms with Crippen molar-refractivity contribution in [2.24, 2.45) is 5.92 Å². The van der Waals surface area contributed by atoms with E-state index in [1.165, 1.54) is 37.3 Å². The van der Waals surface area contributed by atoms with Crippen molar-refractivity contribution in [2.75, 3.05) is 18.0 Å². The molecule has 0 N–H and O–H groups in total. The van der Waals surface area contributed by atoms with Crippen LogP contribution in [0.15, 0.2) is 42.5 Å². The summed E-state index contributed by atoms with van der Waals surface area (Å²) in [5.41, 5.74) is 1.13. The molecule has 0 saturated carbocycles. The Morgan fingerprint density at radius 1 is 1.07 bits per heavy atom. The van der Waals surface area contributed by atoms with Crippen LogP contribution in [0.4, 0.5) is 15.8 Å². The molecule has 0 aromatic heterocycles. The number of carbonyl (C=O) groups is 2. The largest absolute Gasteiger partial charge is 0.366 e. The predicted octanol–water partition coefficient (Wildman–Crippen LogP) is 4.04. The first-order valence-corrected chi connectivity index (χ1v) is 8.71. The maximum Gasteiger partial charge on any atom is 0.293 e. The minimum absolute atomic E-state index is 0.0314. The van der Waals surface area contributed by atoms with Crippen molar-refractivity contribution in [2.45, 2.75) is 19.8 Å². The number of hydrogen-bond donors (Lipinski definition) is 0. The summed E-state index contributed by atoms with van der Waals surface area (Å²) in [6.07, 6.45) is 1.11. The van der Waals surface area contributed by atoms with Gasteiger partial charge < -0.3 is 4.90 Å². The van der Waals surface area contributed by atoms with Crippen LogP contribution in [0.25, 0.3) is 0 Å². The molecule has 0 atom stereocenters. The Balaban J connectivity index is 1.74. The van der Waals surface area contributed by atoms with E-state index in [0.29, 0.717) is 42.7 Å². The summed E-state index contributed by atoms with van der Waals surface area (Å²) in [6.45, 7) is 2.36. The van der Waals surface area contributed by atoms with Crippen molar-refractivity contribution >= 4 is 22.9 Å². The summed E-state index contributed by atoms with van der Waals surface area (Å²) < 4.78 is 13.0. The Bertz CT molecular complexity index is 887. The zero-order chi connectivity index (χ0) is 19.6. The van der Waals surface area contributed by atoms with Gasteiger partial charge in [-0.3, -0.25) is 19.7 Å². The lowest BCUT2D eigenvalue weighted by Gasteiger charge is -2.32. The summed E-state index contributed by atoms with van der Waals surface area (Å²) in [5.74, 6) is -0.839. The van der Waals surface area contributed by atoms with Crippen LogP contribution in [0.5, 0.6) is 0 Å². The molecule has 0 aliphatic carbocycles. The number of benzene rings is 2. The normalized spacial score (nSPS) is 14.8. The second kappa shape index (κ2) is 7.65. The second-order valence-electron chi connectivity index (χ2n) is 6.65. The molecule has 1 aliphatic heterocycles. The fourth-order valence-electron chi connectivity index (χ4n) is 3.39. The number of nitro benzene ring substituents is 1. The van der Waals surface area contributed by atoms with E-state index in [2.05, 4.69) is 0 Å². The third-order valence-corrected chi connectivity index (χ3v) is 4.91. The number of halogens is 1. The van der Waals surface area contributed by atoms with Crippen LogP contribution in [-0.2, 0) is 0 Å². The highest BCUT2D eigenvalue weighted by Crippen LogP contribution is 2.33. The molecule has 27 heavy (non-hydrogen) atoms. The van der Waals surface area contributed by atoms with Crippen LogP contribution in [0.2, 0.25) is 0 Å². The van der Waals surface area contributed by atoms with Gasteiger partial charge in [-0.2, -0.15) is 0 Å². The Labute approximate surface area is 155 Å². The quantitative estimate of drug-likeness (QED) is 0.451. The van der Waals surface area contributed by atoms with E-state index in [0.717, 1.165) is 0 Å². The zero-order valence-corrected chi connectivity index (χ0v) is 14.9. The summed E-state index contributed by atoms with van der Waals surface area (Å²) in [7, 11) is 0. The molecule has 3 rings (SSSR count). The molecule has 2 aromatic carbocycles. The highest BCUT2D eigenvalue weighted by atomic mass is 19.1. The molecule has 0 amide bonds. The van der Waals surface area contributed by atoms with E-state index in [-0.39, 0.29) is 29.0 Å². The van der Waals surface area contributed by atoms with E-state index in [4.69, 9.17) is 0 Å². The number of ketones is 2. The highest BCUT2D eigenvalue weighted by Gasteiger charge is 2.29. The molecular formula is C20H19FN2O4. The van der Waals surface area contributed by atoms with Crippen molar-refractivity contribution in [1.82, 2.24) is 0 Å². The molecule has 0 spiro atoms. The van der Waals surface area contributed by atoms with E-state index in [9.17, 15) is 24.1 Å². The van der Waals surface area contributed by atoms with Gasteiger partial charge in [0.1, 0.15) is 11.5 Å². The average Bonchev–Trinajstić information content (AvgIpc) is 2.67. The standard InChI is InChI=1S/C20H19FN2O4/c1-13(24)16-4-7-18(19(12-16)23(26)27)22-10-8-15(9-11-22)20(25)14-2-5-17(21)6-3-14/h2-7,12,15H,8-11H2,1H3. The minimum atomic E-state index is -0.489. The fourth-order valence-corrected chi connectivity index (χ4v) is 3.39. The van der Waals surface area contributed by atoms with Gasteiger partial charge in [0, 0.05) is 36.2 Å². The lowest BCUT2D eigenvalue weighted by molar-refractivity contribution is -0.384. The monoisotopic (exact) mass is 370 g/mol. The molecular weight excluding hydrogens is 351 g/mol. The molecule has 1 fully saturated rings. The molecule has 0 bridgehead atoms. The van der Waals surface area contributed by atoms with Gasteiger partial charge in [-0.15, -0.1) is 0 Å². The number of Topliss-reactive ketones (excluding diaryl/α,β-unsaturated/α-hetero) is 2. The van der Waals surface area contributed by atoms with Crippen molar-refractivity contribution < 1.29 is 18.9 Å². The molecule has 0 unspecified atom stereocenters. The van der Waals surface area contributed by atoms with E-state index in [1.54, 1.807) is 12.1 Å². The Hall–Kier alpha value is -3.09. The first-order valence-electron chi connectivity index (χ1n) is 8.71. The van der Waals surface area contributed by atoms with Gasteiger partial charge in [0.15, 0.2) is 11.6 Å². The van der Waals surface area contributed by atoms with Crippen LogP contribution < -0.4 is 4.90 Å². The number of nitrogens with zero attached hydrogens (tertiary/aromatic N) is 2. The Kier molecular flexibility index (Phi) is 5.30. The van der Waals surface area contributed by atoms with Gasteiger partial charge in [0.05, 0.1) is 4.92 Å². The topological polar surface area (TPSA) is 80.5 Å². The van der Waals surface area contributed by atoms with Crippen molar-refractivity contribution in [3.8, 4) is 0 Å². The number of carbonyl (C=O) groups excluding carboxylic acids is 2. The minimum Gasteiger partial charge on any atom is -0.366 e. The number of hydrogen-bond acceptors (Lipinski definition) is 5. The third kappa shape index (κ3) is 4.02. The Morgan fingerprint density at radius 2 is 1.67 bits per heavy atom. The summed E-state index contributed by atoms with van der Waals surface area (Å²) in [4.78, 5) is 36.8. The smallest absolute Gasteiger partial charge is 0.293 e. The maximum atomic E-state index is 13.0. The molecule has 1 saturated heterocycles. The summed E-state index contributed by atoms with van der Waals surface area (Å²) >= 11 is 0. The summed E-state index contributed by atoms with van der Waals surface area (Å²) in [5, 5.41) is 11.4. The predicted molar refractivity (Wildman–Crippen MR) is 98.8 cm³/mol. The average molecular weight is 370 g/mol. The van der Waals surface area contributed by atoms with Crippen LogP contribution >= 0.6 is 0 Å². The second-order valence-corrected chi connectivity index (χ2v) is 6.65. The van der Waals surface area contributed by atoms with E-state index < -0.39 is 4.92 Å². The molecule has 140 valence electrons. The Morgan fingerprint density at radius 3 is 2.22 bits per heavy atom. The van der Waals surface area contributed by atoms with Gasteiger partial charge >= 0.3 is 0 Å². The van der Waals surface area contributed by atoms with Crippen LogP contribution in [-0.4, -0.2) is 29.6 Å². The molecule has 0 radical (unpaired) electrons. The van der Waals surface area contributed by atoms with Crippen LogP contribution in [0.1, 0.15) is 40.5 Å². The molecule has 1 aliphatic rings. The summed E-state index contributed by atoms with van der Waals surface area (Å²) in [6, 6.07) is 9.97. The van der Waals surface area contributed by atoms with Gasteiger partial charge in [0.25, 0.3) is 5.69 Å². The molecule has 1 heterocycles. The van der Waals surface area contributed by atoms with Gasteiger partial charge in [-0.25, -0.2) is 4.39 Å². The SMILES string of the molecule is CC(=O)c1ccc(N2CCC(C(=O)c3ccc(F)cc3)CC2)c([N+](=O)[O-])c1. The van der Waals surface area contributed by atoms with Crippen LogP contribution in [0, 0.1) is 21.8 Å². The molecule has 7 heteroatoms. The zero-order valence-electron chi connectivity index (χ0n) is 14.9. The van der Waals surface area contributed by atoms with Crippen molar-refractivity contribution in [3.63, 3.8) is 0 Å². The lowest BCUT2D eigenvalue weighted by Crippen LogP contribution is -2.36. The fraction of sp³-hybridized carbons (Fsp3) is 0.300.